The first-order valence-corrected chi connectivity index (χ1v) is 9.11. The molecule has 0 radical (unpaired) electrons. The number of halogens is 6. The Kier molecular flexibility index (Phi) is 6.16. The lowest BCUT2D eigenvalue weighted by Crippen LogP contribution is -2.41. The van der Waals surface area contributed by atoms with Crippen molar-refractivity contribution in [1.29, 1.82) is 0 Å². The maximum absolute atomic E-state index is 12.1. The predicted octanol–water partition coefficient (Wildman–Crippen LogP) is 3.44. The number of hydrogen-bond acceptors (Lipinski definition) is 4. The number of nitrogens with one attached hydrogen (secondary N) is 1. The van der Waals surface area contributed by atoms with E-state index < -0.39 is 21.6 Å². The van der Waals surface area contributed by atoms with Crippen LogP contribution in [0.2, 0.25) is 0 Å². The first-order valence-electron chi connectivity index (χ1n) is 4.39. The van der Waals surface area contributed by atoms with Gasteiger partial charge in [0.2, 0.25) is 0 Å². The van der Waals surface area contributed by atoms with Gasteiger partial charge in [-0.05, 0) is 79.9 Å². The summed E-state index contributed by atoms with van der Waals surface area (Å²) in [4.78, 5) is 11.2. The Morgan fingerprint density at radius 3 is 2.00 bits per heavy atom. The number of carbonyl (C=O) groups excluding carboxylic acids is 1. The Hall–Kier alpha value is 0.420. The lowest BCUT2D eigenvalue weighted by Gasteiger charge is -2.12. The van der Waals surface area contributed by atoms with Crippen molar-refractivity contribution >= 4 is 83.9 Å². The van der Waals surface area contributed by atoms with E-state index in [0.29, 0.717) is 7.14 Å². The maximum atomic E-state index is 12.1. The highest BCUT2D eigenvalue weighted by Crippen LogP contribution is 2.30. The van der Waals surface area contributed by atoms with Crippen molar-refractivity contribution in [2.24, 2.45) is 0 Å². The van der Waals surface area contributed by atoms with Crippen LogP contribution in [0, 0.1) is 10.7 Å². The van der Waals surface area contributed by atoms with E-state index in [-0.39, 0.29) is 5.75 Å². The van der Waals surface area contributed by atoms with Crippen LogP contribution in [0.5, 0.6) is 5.75 Å². The molecule has 0 unspecified atom stereocenters. The number of hydrogen-bond donors (Lipinski definition) is 1. The van der Waals surface area contributed by atoms with E-state index in [1.807, 2.05) is 67.8 Å². The topological polar surface area (TPSA) is 72.5 Å². The van der Waals surface area contributed by atoms with Crippen LogP contribution in [0.4, 0.5) is 18.0 Å². The average molecular weight is 647 g/mol. The maximum Gasteiger partial charge on any atom is 0.516 e. The molecule has 112 valence electrons. The molecule has 12 heteroatoms. The van der Waals surface area contributed by atoms with Crippen LogP contribution in [0.25, 0.3) is 0 Å². The second kappa shape index (κ2) is 6.67. The SMILES string of the molecule is O=C(NS(=O)(=O)C(F)(F)F)Oc1c(I)cc(I)cc1I. The van der Waals surface area contributed by atoms with E-state index in [2.05, 4.69) is 4.74 Å². The summed E-state index contributed by atoms with van der Waals surface area (Å²) in [5, 5.41) is 0. The van der Waals surface area contributed by atoms with Crippen molar-refractivity contribution in [2.75, 3.05) is 0 Å². The average Bonchev–Trinajstić information content (AvgIpc) is 2.20. The summed E-state index contributed by atoms with van der Waals surface area (Å²) in [6.45, 7) is 0. The monoisotopic (exact) mass is 647 g/mol. The van der Waals surface area contributed by atoms with Crippen molar-refractivity contribution in [2.45, 2.75) is 5.51 Å². The number of amides is 1. The standard InChI is InChI=1S/C8H3F3I3NO4S/c9-8(10,11)20(17,18)15-7(16)19-6-4(13)1-3(12)2-5(6)14/h1-2H,(H,15,16). The summed E-state index contributed by atoms with van der Waals surface area (Å²) in [7, 11) is -5.78. The molecule has 0 spiro atoms. The van der Waals surface area contributed by atoms with Gasteiger partial charge in [-0.1, -0.05) is 0 Å². The van der Waals surface area contributed by atoms with Gasteiger partial charge in [0.1, 0.15) is 0 Å². The molecular formula is C8H3F3I3NO4S. The molecular weight excluding hydrogens is 644 g/mol. The van der Waals surface area contributed by atoms with Crippen molar-refractivity contribution in [3.63, 3.8) is 0 Å². The second-order valence-electron chi connectivity index (χ2n) is 3.14. The Morgan fingerprint density at radius 2 is 1.60 bits per heavy atom. The van der Waals surface area contributed by atoms with Crippen LogP contribution in [0.1, 0.15) is 0 Å². The number of rotatable bonds is 2. The molecule has 0 atom stereocenters. The van der Waals surface area contributed by atoms with Crippen LogP contribution in [-0.4, -0.2) is 20.0 Å². The van der Waals surface area contributed by atoms with Gasteiger partial charge in [-0.25, -0.2) is 9.52 Å². The van der Waals surface area contributed by atoms with Gasteiger partial charge in [-0.15, -0.1) is 0 Å². The van der Waals surface area contributed by atoms with Crippen LogP contribution in [-0.2, 0) is 10.0 Å². The third-order valence-corrected chi connectivity index (χ3v) is 4.95. The molecule has 0 saturated carbocycles. The third kappa shape index (κ3) is 4.72. The Balaban J connectivity index is 2.94. The quantitative estimate of drug-likeness (QED) is 0.500. The normalized spacial score (nSPS) is 12.1. The fourth-order valence-electron chi connectivity index (χ4n) is 0.908. The highest BCUT2D eigenvalue weighted by Gasteiger charge is 2.47. The number of alkyl halides is 3. The largest absolute Gasteiger partial charge is 0.516 e. The fourth-order valence-corrected chi connectivity index (χ4v) is 5.09. The van der Waals surface area contributed by atoms with Crippen molar-refractivity contribution in [3.05, 3.63) is 22.8 Å². The van der Waals surface area contributed by atoms with Gasteiger partial charge in [0.15, 0.2) is 5.75 Å². The molecule has 1 aromatic carbocycles. The second-order valence-corrected chi connectivity index (χ2v) is 8.38. The van der Waals surface area contributed by atoms with E-state index in [1.54, 1.807) is 12.1 Å². The van der Waals surface area contributed by atoms with E-state index >= 15 is 0 Å². The van der Waals surface area contributed by atoms with Crippen molar-refractivity contribution in [3.8, 4) is 5.75 Å². The molecule has 0 aromatic heterocycles. The molecule has 20 heavy (non-hydrogen) atoms. The summed E-state index contributed by atoms with van der Waals surface area (Å²) in [5.74, 6) is -0.0125. The van der Waals surface area contributed by atoms with Gasteiger partial charge in [-0.2, -0.15) is 21.6 Å². The number of benzene rings is 1. The highest BCUT2D eigenvalue weighted by atomic mass is 127. The van der Waals surface area contributed by atoms with Crippen LogP contribution >= 0.6 is 67.8 Å². The molecule has 0 fully saturated rings. The highest BCUT2D eigenvalue weighted by molar-refractivity contribution is 14.1. The summed E-state index contributed by atoms with van der Waals surface area (Å²) < 4.78 is 64.9. The van der Waals surface area contributed by atoms with Gasteiger partial charge in [0, 0.05) is 3.57 Å². The Labute approximate surface area is 152 Å². The predicted molar refractivity (Wildman–Crippen MR) is 88.7 cm³/mol. The molecule has 1 amide bonds. The van der Waals surface area contributed by atoms with Crippen LogP contribution < -0.4 is 9.46 Å². The summed E-state index contributed by atoms with van der Waals surface area (Å²) in [5.41, 5.74) is -5.58. The molecule has 0 heterocycles. The lowest BCUT2D eigenvalue weighted by molar-refractivity contribution is -0.0446. The summed E-state index contributed by atoms with van der Waals surface area (Å²) in [6.07, 6.45) is -1.72. The first-order chi connectivity index (χ1) is 8.94. The molecule has 0 aliphatic heterocycles. The number of ether oxygens (including phenoxy) is 1. The minimum absolute atomic E-state index is 0.0125. The molecule has 0 aliphatic rings. The fraction of sp³-hybridized carbons (Fsp3) is 0.125. The zero-order valence-electron chi connectivity index (χ0n) is 8.96. The number of carbonyl (C=O) groups is 1. The first kappa shape index (κ1) is 18.5. The smallest absolute Gasteiger partial charge is 0.407 e. The van der Waals surface area contributed by atoms with Gasteiger partial charge in [0.25, 0.3) is 0 Å². The minimum atomic E-state index is -5.78. The van der Waals surface area contributed by atoms with E-state index in [0.717, 1.165) is 8.29 Å². The van der Waals surface area contributed by atoms with Gasteiger partial charge < -0.3 is 4.74 Å². The Morgan fingerprint density at radius 1 is 1.15 bits per heavy atom. The van der Waals surface area contributed by atoms with Crippen LogP contribution in [0.15, 0.2) is 12.1 Å². The van der Waals surface area contributed by atoms with Gasteiger partial charge >= 0.3 is 21.6 Å². The zero-order chi connectivity index (χ0) is 15.7. The van der Waals surface area contributed by atoms with E-state index in [4.69, 9.17) is 0 Å². The molecule has 0 bridgehead atoms. The minimum Gasteiger partial charge on any atom is -0.407 e. The summed E-state index contributed by atoms with van der Waals surface area (Å²) in [6, 6.07) is 3.23. The van der Waals surface area contributed by atoms with Gasteiger partial charge in [0.05, 0.1) is 7.14 Å². The molecule has 1 N–H and O–H groups in total. The Bertz CT molecular complexity index is 624. The zero-order valence-corrected chi connectivity index (χ0v) is 16.3. The molecule has 5 nitrogen and oxygen atoms in total. The molecule has 1 rings (SSSR count). The van der Waals surface area contributed by atoms with Crippen LogP contribution in [0.3, 0.4) is 0 Å². The third-order valence-electron chi connectivity index (χ3n) is 1.68. The summed E-state index contributed by atoms with van der Waals surface area (Å²) >= 11 is 5.63. The molecule has 1 aromatic rings. The van der Waals surface area contributed by atoms with E-state index in [9.17, 15) is 26.4 Å². The molecule has 0 saturated heterocycles. The molecule has 0 aliphatic carbocycles. The van der Waals surface area contributed by atoms with E-state index in [1.165, 1.54) is 0 Å². The van der Waals surface area contributed by atoms with Crippen molar-refractivity contribution < 1.29 is 31.1 Å². The lowest BCUT2D eigenvalue weighted by atomic mass is 10.3. The van der Waals surface area contributed by atoms with Crippen molar-refractivity contribution in [1.82, 2.24) is 4.72 Å². The number of sulfonamides is 1. The van der Waals surface area contributed by atoms with Gasteiger partial charge in [-0.3, -0.25) is 0 Å².